The van der Waals surface area contributed by atoms with Crippen LogP contribution < -0.4 is 15.6 Å². The lowest BCUT2D eigenvalue weighted by Gasteiger charge is -2.11. The molecule has 160 valence electrons. The molecular formula is C21H24ClN3O4S. The summed E-state index contributed by atoms with van der Waals surface area (Å²) in [4.78, 5) is 24.2. The molecule has 2 amide bonds. The molecular weight excluding hydrogens is 426 g/mol. The minimum Gasteiger partial charge on any atom is -0.280 e. The Labute approximate surface area is 181 Å². The average Bonchev–Trinajstić information content (AvgIpc) is 3.26. The number of carbonyl (C=O) groups excluding carboxylic acids is 2. The number of rotatable bonds is 7. The first-order valence-electron chi connectivity index (χ1n) is 9.81. The molecule has 0 aromatic heterocycles. The predicted octanol–water partition coefficient (Wildman–Crippen LogP) is 3.87. The standard InChI is InChI=1S/C21H24ClN3O4S/c22-17-9-11-18(12-10-17)25-30(28,29)19-7-3-6-16(14-19)21(27)24-23-20(26)13-8-15-4-1-2-5-15/h3,6-7,9-12,14-15,25H,1-2,4-5,8,13H2,(H,23,26)(H,24,27). The van der Waals surface area contributed by atoms with Crippen molar-refractivity contribution in [3.63, 3.8) is 0 Å². The highest BCUT2D eigenvalue weighted by molar-refractivity contribution is 7.92. The van der Waals surface area contributed by atoms with Gasteiger partial charge in [0.2, 0.25) is 5.91 Å². The second kappa shape index (κ2) is 9.95. The van der Waals surface area contributed by atoms with E-state index in [1.54, 1.807) is 12.1 Å². The van der Waals surface area contributed by atoms with Crippen molar-refractivity contribution in [2.24, 2.45) is 5.92 Å². The molecule has 3 N–H and O–H groups in total. The Kier molecular flexibility index (Phi) is 7.33. The molecule has 2 aromatic carbocycles. The van der Waals surface area contributed by atoms with Crippen molar-refractivity contribution in [2.75, 3.05) is 4.72 Å². The van der Waals surface area contributed by atoms with Crippen LogP contribution in [0.25, 0.3) is 0 Å². The van der Waals surface area contributed by atoms with Gasteiger partial charge in [-0.2, -0.15) is 0 Å². The third-order valence-electron chi connectivity index (χ3n) is 5.07. The number of carbonyl (C=O) groups is 2. The number of halogens is 1. The fraction of sp³-hybridized carbons (Fsp3) is 0.333. The van der Waals surface area contributed by atoms with Gasteiger partial charge in [0.25, 0.3) is 15.9 Å². The Morgan fingerprint density at radius 3 is 2.40 bits per heavy atom. The molecule has 0 spiro atoms. The molecule has 9 heteroatoms. The predicted molar refractivity (Wildman–Crippen MR) is 116 cm³/mol. The number of hydrogen-bond acceptors (Lipinski definition) is 4. The maximum atomic E-state index is 12.6. The summed E-state index contributed by atoms with van der Waals surface area (Å²) in [6.07, 6.45) is 5.91. The van der Waals surface area contributed by atoms with Gasteiger partial charge >= 0.3 is 0 Å². The Balaban J connectivity index is 1.57. The number of benzene rings is 2. The maximum absolute atomic E-state index is 12.6. The highest BCUT2D eigenvalue weighted by atomic mass is 35.5. The zero-order valence-corrected chi connectivity index (χ0v) is 17.9. The summed E-state index contributed by atoms with van der Waals surface area (Å²) >= 11 is 5.81. The molecule has 1 fully saturated rings. The Hall–Kier alpha value is -2.58. The second-order valence-electron chi connectivity index (χ2n) is 7.33. The average molecular weight is 450 g/mol. The van der Waals surface area contributed by atoms with E-state index in [4.69, 9.17) is 11.6 Å². The molecule has 0 aliphatic heterocycles. The molecule has 30 heavy (non-hydrogen) atoms. The molecule has 1 saturated carbocycles. The van der Waals surface area contributed by atoms with Crippen LogP contribution in [-0.2, 0) is 14.8 Å². The van der Waals surface area contributed by atoms with Gasteiger partial charge in [-0.25, -0.2) is 8.42 Å². The van der Waals surface area contributed by atoms with Gasteiger partial charge in [0.1, 0.15) is 0 Å². The number of hydrogen-bond donors (Lipinski definition) is 3. The number of anilines is 1. The van der Waals surface area contributed by atoms with Crippen LogP contribution >= 0.6 is 11.6 Å². The summed E-state index contributed by atoms with van der Waals surface area (Å²) in [6.45, 7) is 0. The lowest BCUT2D eigenvalue weighted by atomic mass is 10.0. The van der Waals surface area contributed by atoms with Crippen LogP contribution in [0.4, 0.5) is 5.69 Å². The van der Waals surface area contributed by atoms with Gasteiger partial charge in [-0.05, 0) is 54.8 Å². The van der Waals surface area contributed by atoms with Crippen molar-refractivity contribution in [1.82, 2.24) is 10.9 Å². The Morgan fingerprint density at radius 1 is 1.00 bits per heavy atom. The first kappa shape index (κ1) is 22.1. The fourth-order valence-corrected chi connectivity index (χ4v) is 4.66. The van der Waals surface area contributed by atoms with Gasteiger partial charge < -0.3 is 0 Å². The molecule has 0 atom stereocenters. The van der Waals surface area contributed by atoms with Gasteiger partial charge in [0.15, 0.2) is 0 Å². The minimum atomic E-state index is -3.89. The van der Waals surface area contributed by atoms with E-state index in [1.165, 1.54) is 49.2 Å². The summed E-state index contributed by atoms with van der Waals surface area (Å²) in [5.41, 5.74) is 5.20. The quantitative estimate of drug-likeness (QED) is 0.558. The monoisotopic (exact) mass is 449 g/mol. The smallest absolute Gasteiger partial charge is 0.269 e. The molecule has 7 nitrogen and oxygen atoms in total. The van der Waals surface area contributed by atoms with Gasteiger partial charge in [-0.15, -0.1) is 0 Å². The van der Waals surface area contributed by atoms with Crippen LogP contribution in [0.2, 0.25) is 5.02 Å². The van der Waals surface area contributed by atoms with Crippen LogP contribution in [-0.4, -0.2) is 20.2 Å². The van der Waals surface area contributed by atoms with Crippen molar-refractivity contribution in [3.8, 4) is 0 Å². The fourth-order valence-electron chi connectivity index (χ4n) is 3.43. The topological polar surface area (TPSA) is 104 Å². The normalized spacial score (nSPS) is 14.3. The largest absolute Gasteiger partial charge is 0.280 e. The SMILES string of the molecule is O=C(CCC1CCCC1)NNC(=O)c1cccc(S(=O)(=O)Nc2ccc(Cl)cc2)c1. The Bertz CT molecular complexity index is 1000. The molecule has 0 saturated heterocycles. The molecule has 2 aromatic rings. The molecule has 0 heterocycles. The van der Waals surface area contributed by atoms with E-state index in [0.29, 0.717) is 23.0 Å². The zero-order valence-electron chi connectivity index (χ0n) is 16.4. The molecule has 1 aliphatic rings. The van der Waals surface area contributed by atoms with Crippen LogP contribution in [0.15, 0.2) is 53.4 Å². The first-order chi connectivity index (χ1) is 14.3. The van der Waals surface area contributed by atoms with Gasteiger partial charge in [-0.3, -0.25) is 25.2 Å². The molecule has 1 aliphatic carbocycles. The lowest BCUT2D eigenvalue weighted by molar-refractivity contribution is -0.122. The van der Waals surface area contributed by atoms with E-state index in [-0.39, 0.29) is 16.4 Å². The van der Waals surface area contributed by atoms with Crippen LogP contribution in [0.5, 0.6) is 0 Å². The number of sulfonamides is 1. The van der Waals surface area contributed by atoms with E-state index in [2.05, 4.69) is 15.6 Å². The van der Waals surface area contributed by atoms with E-state index < -0.39 is 15.9 Å². The second-order valence-corrected chi connectivity index (χ2v) is 9.45. The van der Waals surface area contributed by atoms with Crippen molar-refractivity contribution < 1.29 is 18.0 Å². The van der Waals surface area contributed by atoms with Crippen LogP contribution in [0.1, 0.15) is 48.9 Å². The molecule has 0 bridgehead atoms. The van der Waals surface area contributed by atoms with Crippen LogP contribution in [0, 0.1) is 5.92 Å². The van der Waals surface area contributed by atoms with Crippen molar-refractivity contribution in [3.05, 3.63) is 59.1 Å². The molecule has 3 rings (SSSR count). The van der Waals surface area contributed by atoms with Crippen LogP contribution in [0.3, 0.4) is 0 Å². The third-order valence-corrected chi connectivity index (χ3v) is 6.70. The van der Waals surface area contributed by atoms with Gasteiger partial charge in [-0.1, -0.05) is 43.4 Å². The van der Waals surface area contributed by atoms with E-state index in [1.807, 2.05) is 0 Å². The highest BCUT2D eigenvalue weighted by Crippen LogP contribution is 2.28. The molecule has 0 unspecified atom stereocenters. The summed E-state index contributed by atoms with van der Waals surface area (Å²) in [5, 5.41) is 0.488. The van der Waals surface area contributed by atoms with Crippen molar-refractivity contribution >= 4 is 39.1 Å². The van der Waals surface area contributed by atoms with E-state index in [0.717, 1.165) is 19.3 Å². The summed E-state index contributed by atoms with van der Waals surface area (Å²) in [7, 11) is -3.89. The van der Waals surface area contributed by atoms with Gasteiger partial charge in [0, 0.05) is 22.7 Å². The van der Waals surface area contributed by atoms with E-state index >= 15 is 0 Å². The summed E-state index contributed by atoms with van der Waals surface area (Å²) < 4.78 is 27.6. The summed E-state index contributed by atoms with van der Waals surface area (Å²) in [5.74, 6) is -0.266. The first-order valence-corrected chi connectivity index (χ1v) is 11.7. The minimum absolute atomic E-state index is 0.0716. The van der Waals surface area contributed by atoms with Gasteiger partial charge in [0.05, 0.1) is 4.90 Å². The van der Waals surface area contributed by atoms with Crippen molar-refractivity contribution in [1.29, 1.82) is 0 Å². The van der Waals surface area contributed by atoms with E-state index in [9.17, 15) is 18.0 Å². The molecule has 0 radical (unpaired) electrons. The summed E-state index contributed by atoms with van der Waals surface area (Å²) in [6, 6.07) is 11.8. The number of amides is 2. The van der Waals surface area contributed by atoms with Crippen molar-refractivity contribution in [2.45, 2.75) is 43.4 Å². The third kappa shape index (κ3) is 6.21. The highest BCUT2D eigenvalue weighted by Gasteiger charge is 2.18. The lowest BCUT2D eigenvalue weighted by Crippen LogP contribution is -2.41. The maximum Gasteiger partial charge on any atom is 0.269 e. The Morgan fingerprint density at radius 2 is 1.70 bits per heavy atom. The number of hydrazine groups is 1. The number of nitrogens with one attached hydrogen (secondary N) is 3. The zero-order chi connectivity index (χ0) is 21.6.